The number of aromatic amines is 2. The highest BCUT2D eigenvalue weighted by molar-refractivity contribution is 5.86. The number of esters is 1. The Morgan fingerprint density at radius 2 is 2.21 bits per heavy atom. The molecule has 0 spiro atoms. The summed E-state index contributed by atoms with van der Waals surface area (Å²) >= 11 is 0. The van der Waals surface area contributed by atoms with Gasteiger partial charge in [-0.2, -0.15) is 0 Å². The molecule has 3 rings (SSSR count). The van der Waals surface area contributed by atoms with E-state index in [1.807, 2.05) is 0 Å². The number of ether oxygens (including phenoxy) is 1. The molecule has 1 aromatic carbocycles. The molecule has 2 aromatic heterocycles. The van der Waals surface area contributed by atoms with E-state index >= 15 is 0 Å². The van der Waals surface area contributed by atoms with Crippen LogP contribution in [0.1, 0.15) is 10.6 Å². The predicted octanol–water partition coefficient (Wildman–Crippen LogP) is 1.30. The summed E-state index contributed by atoms with van der Waals surface area (Å²) in [6.07, 6.45) is 1.51. The first kappa shape index (κ1) is 11.3. The smallest absolute Gasteiger partial charge is 0.417 e. The Kier molecular flexibility index (Phi) is 2.45. The lowest BCUT2D eigenvalue weighted by atomic mass is 10.1. The first-order chi connectivity index (χ1) is 9.17. The number of carbonyl (C=O) groups excluding carboxylic acids is 1. The first-order valence-corrected chi connectivity index (χ1v) is 5.44. The molecule has 0 unspecified atom stereocenters. The number of hydrogen-bond acceptors (Lipinski definition) is 5. The van der Waals surface area contributed by atoms with Crippen molar-refractivity contribution in [3.63, 3.8) is 0 Å². The number of nitrogens with one attached hydrogen (secondary N) is 2. The molecule has 0 aliphatic rings. The van der Waals surface area contributed by atoms with Crippen molar-refractivity contribution in [1.82, 2.24) is 15.0 Å². The highest BCUT2D eigenvalue weighted by Gasteiger charge is 2.12. The maximum atomic E-state index is 11.3. The zero-order valence-electron chi connectivity index (χ0n) is 9.89. The topological polar surface area (TPSA) is 101 Å². The second kappa shape index (κ2) is 4.13. The van der Waals surface area contributed by atoms with Gasteiger partial charge in [-0.15, -0.1) is 0 Å². The molecule has 0 amide bonds. The minimum Gasteiger partial charge on any atom is -0.463 e. The Morgan fingerprint density at radius 1 is 1.37 bits per heavy atom. The Labute approximate surface area is 106 Å². The molecule has 0 bridgehead atoms. The summed E-state index contributed by atoms with van der Waals surface area (Å²) in [5.41, 5.74) is 2.43. The molecule has 7 heteroatoms. The fraction of sp³-hybridized carbons (Fsp3) is 0.0833. The van der Waals surface area contributed by atoms with Crippen LogP contribution in [-0.4, -0.2) is 28.0 Å². The fourth-order valence-corrected chi connectivity index (χ4v) is 1.78. The molecule has 0 radical (unpaired) electrons. The van der Waals surface area contributed by atoms with Gasteiger partial charge in [0.2, 0.25) is 5.82 Å². The van der Waals surface area contributed by atoms with Crippen LogP contribution in [0.3, 0.4) is 0 Å². The molecular weight excluding hydrogens is 250 g/mol. The van der Waals surface area contributed by atoms with Gasteiger partial charge in [0.05, 0.1) is 24.5 Å². The summed E-state index contributed by atoms with van der Waals surface area (Å²) in [7, 11) is 1.28. The van der Waals surface area contributed by atoms with Gasteiger partial charge in [0.25, 0.3) is 0 Å². The van der Waals surface area contributed by atoms with Crippen molar-refractivity contribution in [3.05, 3.63) is 40.8 Å². The van der Waals surface area contributed by atoms with Crippen LogP contribution >= 0.6 is 0 Å². The highest BCUT2D eigenvalue weighted by atomic mass is 16.5. The van der Waals surface area contributed by atoms with Gasteiger partial charge in [0.1, 0.15) is 0 Å². The Morgan fingerprint density at radius 3 is 3.00 bits per heavy atom. The van der Waals surface area contributed by atoms with Crippen molar-refractivity contribution in [2.24, 2.45) is 0 Å². The van der Waals surface area contributed by atoms with Gasteiger partial charge in [-0.05, 0) is 12.1 Å². The number of oxazole rings is 1. The summed E-state index contributed by atoms with van der Waals surface area (Å²) in [6, 6.07) is 5.18. The molecule has 0 atom stereocenters. The molecule has 2 heterocycles. The molecule has 0 saturated heterocycles. The van der Waals surface area contributed by atoms with Gasteiger partial charge in [0, 0.05) is 5.56 Å². The monoisotopic (exact) mass is 259 g/mol. The van der Waals surface area contributed by atoms with E-state index in [4.69, 9.17) is 4.42 Å². The van der Waals surface area contributed by atoms with Crippen molar-refractivity contribution >= 4 is 17.1 Å². The third-order valence-corrected chi connectivity index (χ3v) is 2.69. The fourth-order valence-electron chi connectivity index (χ4n) is 1.78. The third kappa shape index (κ3) is 1.90. The van der Waals surface area contributed by atoms with Gasteiger partial charge >= 0.3 is 11.7 Å². The minimum absolute atomic E-state index is 0.119. The zero-order chi connectivity index (χ0) is 13.4. The number of methoxy groups -OCH3 is 1. The quantitative estimate of drug-likeness (QED) is 0.675. The summed E-state index contributed by atoms with van der Waals surface area (Å²) in [6.45, 7) is 0. The van der Waals surface area contributed by atoms with Crippen LogP contribution in [0.5, 0.6) is 0 Å². The van der Waals surface area contributed by atoms with Gasteiger partial charge < -0.3 is 14.1 Å². The van der Waals surface area contributed by atoms with Crippen molar-refractivity contribution < 1.29 is 13.9 Å². The summed E-state index contributed by atoms with van der Waals surface area (Å²) in [4.78, 5) is 31.7. The average molecular weight is 259 g/mol. The second-order valence-corrected chi connectivity index (χ2v) is 3.86. The van der Waals surface area contributed by atoms with Crippen LogP contribution in [0, 0.1) is 0 Å². The van der Waals surface area contributed by atoms with Crippen molar-refractivity contribution in [3.8, 4) is 11.3 Å². The van der Waals surface area contributed by atoms with Crippen molar-refractivity contribution in [2.75, 3.05) is 7.11 Å². The number of carbonyl (C=O) groups is 1. The van der Waals surface area contributed by atoms with E-state index in [2.05, 4.69) is 19.7 Å². The van der Waals surface area contributed by atoms with Gasteiger partial charge in [-0.25, -0.2) is 14.6 Å². The number of aromatic nitrogens is 3. The highest BCUT2D eigenvalue weighted by Crippen LogP contribution is 2.21. The summed E-state index contributed by atoms with van der Waals surface area (Å²) in [5, 5.41) is 0. The maximum absolute atomic E-state index is 11.3. The molecule has 96 valence electrons. The van der Waals surface area contributed by atoms with E-state index in [1.165, 1.54) is 13.3 Å². The van der Waals surface area contributed by atoms with Crippen LogP contribution in [0.2, 0.25) is 0 Å². The second-order valence-electron chi connectivity index (χ2n) is 3.86. The maximum Gasteiger partial charge on any atom is 0.417 e. The number of H-pyrrole nitrogens is 2. The Bertz CT molecular complexity index is 812. The van der Waals surface area contributed by atoms with Crippen molar-refractivity contribution in [1.29, 1.82) is 0 Å². The van der Waals surface area contributed by atoms with Crippen LogP contribution in [0.25, 0.3) is 22.4 Å². The molecular formula is C12H9N3O4. The lowest BCUT2D eigenvalue weighted by Gasteiger charge is -1.97. The SMILES string of the molecule is COC(=O)c1ncc(-c2ccc3[nH]c(=O)oc3c2)[nH]1. The van der Waals surface area contributed by atoms with E-state index in [-0.39, 0.29) is 5.82 Å². The third-order valence-electron chi connectivity index (χ3n) is 2.69. The average Bonchev–Trinajstić information content (AvgIpc) is 3.01. The largest absolute Gasteiger partial charge is 0.463 e. The summed E-state index contributed by atoms with van der Waals surface area (Å²) < 4.78 is 9.53. The van der Waals surface area contributed by atoms with Crippen LogP contribution in [0.15, 0.2) is 33.6 Å². The molecule has 7 nitrogen and oxygen atoms in total. The van der Waals surface area contributed by atoms with Gasteiger partial charge in [-0.3, -0.25) is 4.98 Å². The standard InChI is InChI=1S/C12H9N3O4/c1-18-11(16)10-13-5-8(14-10)6-2-3-7-9(4-6)19-12(17)15-7/h2-5H,1H3,(H,13,14)(H,15,17). The van der Waals surface area contributed by atoms with E-state index in [0.29, 0.717) is 16.8 Å². The van der Waals surface area contributed by atoms with E-state index in [0.717, 1.165) is 5.56 Å². The minimum atomic E-state index is -0.541. The Balaban J connectivity index is 2.05. The van der Waals surface area contributed by atoms with Gasteiger partial charge in [-0.1, -0.05) is 6.07 Å². The molecule has 19 heavy (non-hydrogen) atoms. The number of fused-ring (bicyclic) bond motifs is 1. The number of imidazole rings is 1. The number of hydrogen-bond donors (Lipinski definition) is 2. The van der Waals surface area contributed by atoms with Crippen LogP contribution in [0.4, 0.5) is 0 Å². The summed E-state index contributed by atoms with van der Waals surface area (Å²) in [5.74, 6) is -0.930. The lowest BCUT2D eigenvalue weighted by molar-refractivity contribution is 0.0588. The molecule has 0 saturated carbocycles. The molecule has 0 aliphatic carbocycles. The molecule has 3 aromatic rings. The Hall–Kier alpha value is -2.83. The normalized spacial score (nSPS) is 10.8. The number of benzene rings is 1. The number of rotatable bonds is 2. The lowest BCUT2D eigenvalue weighted by Crippen LogP contribution is -2.03. The molecule has 0 fully saturated rings. The zero-order valence-corrected chi connectivity index (χ0v) is 9.89. The molecule has 2 N–H and O–H groups in total. The van der Waals surface area contributed by atoms with Crippen LogP contribution in [-0.2, 0) is 4.74 Å². The van der Waals surface area contributed by atoms with Crippen molar-refractivity contribution in [2.45, 2.75) is 0 Å². The predicted molar refractivity (Wildman–Crippen MR) is 65.8 cm³/mol. The van der Waals surface area contributed by atoms with Crippen LogP contribution < -0.4 is 5.76 Å². The van der Waals surface area contributed by atoms with E-state index in [1.54, 1.807) is 18.2 Å². The molecule has 0 aliphatic heterocycles. The van der Waals surface area contributed by atoms with E-state index < -0.39 is 11.7 Å². The first-order valence-electron chi connectivity index (χ1n) is 5.44. The van der Waals surface area contributed by atoms with E-state index in [9.17, 15) is 9.59 Å². The van der Waals surface area contributed by atoms with Gasteiger partial charge in [0.15, 0.2) is 5.58 Å². The number of nitrogens with zero attached hydrogens (tertiary/aromatic N) is 1.